The zero-order valence-electron chi connectivity index (χ0n) is 11.6. The molecule has 5 heteroatoms. The molecule has 1 aromatic heterocycles. The Bertz CT molecular complexity index is 622. The SMILES string of the molecule is Cc1nc(Oc2ccc(C(C)C)cc2)ncc1C(=O)O. The lowest BCUT2D eigenvalue weighted by molar-refractivity contribution is 0.0695. The molecule has 0 fully saturated rings. The molecule has 0 radical (unpaired) electrons. The average Bonchev–Trinajstić information content (AvgIpc) is 2.39. The Morgan fingerprint density at radius 2 is 1.90 bits per heavy atom. The second-order valence-electron chi connectivity index (χ2n) is 4.78. The van der Waals surface area contributed by atoms with Crippen molar-refractivity contribution >= 4 is 5.97 Å². The minimum atomic E-state index is -1.05. The lowest BCUT2D eigenvalue weighted by Crippen LogP contribution is -2.04. The van der Waals surface area contributed by atoms with Crippen molar-refractivity contribution in [2.45, 2.75) is 26.7 Å². The van der Waals surface area contributed by atoms with Gasteiger partial charge in [-0.3, -0.25) is 0 Å². The maximum absolute atomic E-state index is 10.9. The van der Waals surface area contributed by atoms with Crippen LogP contribution in [0.1, 0.15) is 41.4 Å². The first-order chi connectivity index (χ1) is 9.47. The van der Waals surface area contributed by atoms with Gasteiger partial charge >= 0.3 is 12.0 Å². The molecule has 0 saturated carbocycles. The summed E-state index contributed by atoms with van der Waals surface area (Å²) < 4.78 is 5.51. The summed E-state index contributed by atoms with van der Waals surface area (Å²) in [4.78, 5) is 18.8. The van der Waals surface area contributed by atoms with E-state index in [0.717, 1.165) is 0 Å². The number of carboxylic acid groups (broad SMARTS) is 1. The number of aromatic nitrogens is 2. The van der Waals surface area contributed by atoms with Crippen molar-refractivity contribution in [3.8, 4) is 11.8 Å². The summed E-state index contributed by atoms with van der Waals surface area (Å²) in [5, 5.41) is 8.91. The van der Waals surface area contributed by atoms with Crippen molar-refractivity contribution in [2.75, 3.05) is 0 Å². The second-order valence-corrected chi connectivity index (χ2v) is 4.78. The minimum Gasteiger partial charge on any atom is -0.478 e. The molecule has 1 aromatic carbocycles. The number of hydrogen-bond acceptors (Lipinski definition) is 4. The van der Waals surface area contributed by atoms with E-state index < -0.39 is 5.97 Å². The standard InChI is InChI=1S/C15H16N2O3/c1-9(2)11-4-6-12(7-5-11)20-15-16-8-13(14(18)19)10(3)17-15/h4-9H,1-3H3,(H,18,19). The van der Waals surface area contributed by atoms with Crippen LogP contribution in [0.4, 0.5) is 0 Å². The molecule has 2 aromatic rings. The van der Waals surface area contributed by atoms with Crippen LogP contribution in [0.15, 0.2) is 30.5 Å². The highest BCUT2D eigenvalue weighted by Crippen LogP contribution is 2.22. The van der Waals surface area contributed by atoms with Crippen LogP contribution < -0.4 is 4.74 Å². The summed E-state index contributed by atoms with van der Waals surface area (Å²) >= 11 is 0. The van der Waals surface area contributed by atoms with Gasteiger partial charge in [-0.25, -0.2) is 9.78 Å². The fourth-order valence-electron chi connectivity index (χ4n) is 1.73. The van der Waals surface area contributed by atoms with Crippen molar-refractivity contribution in [1.82, 2.24) is 9.97 Å². The van der Waals surface area contributed by atoms with Crippen LogP contribution in [0.5, 0.6) is 11.8 Å². The van der Waals surface area contributed by atoms with Gasteiger partial charge in [-0.05, 0) is 30.5 Å². The van der Waals surface area contributed by atoms with Gasteiger partial charge in [-0.15, -0.1) is 0 Å². The Hall–Kier alpha value is -2.43. The second kappa shape index (κ2) is 5.69. The molecule has 1 heterocycles. The topological polar surface area (TPSA) is 72.3 Å². The van der Waals surface area contributed by atoms with E-state index in [2.05, 4.69) is 23.8 Å². The van der Waals surface area contributed by atoms with Gasteiger partial charge in [-0.2, -0.15) is 4.98 Å². The zero-order chi connectivity index (χ0) is 14.7. The van der Waals surface area contributed by atoms with Crippen LogP contribution in [0, 0.1) is 6.92 Å². The van der Waals surface area contributed by atoms with E-state index in [4.69, 9.17) is 9.84 Å². The molecule has 1 N–H and O–H groups in total. The van der Waals surface area contributed by atoms with Gasteiger partial charge in [0.15, 0.2) is 0 Å². The minimum absolute atomic E-state index is 0.0764. The van der Waals surface area contributed by atoms with Crippen LogP contribution in [-0.4, -0.2) is 21.0 Å². The van der Waals surface area contributed by atoms with Crippen molar-refractivity contribution < 1.29 is 14.6 Å². The Balaban J connectivity index is 2.17. The van der Waals surface area contributed by atoms with Gasteiger partial charge in [0, 0.05) is 6.20 Å². The first-order valence-corrected chi connectivity index (χ1v) is 6.32. The number of ether oxygens (including phenoxy) is 1. The van der Waals surface area contributed by atoms with Gasteiger partial charge in [0.1, 0.15) is 5.75 Å². The number of aryl methyl sites for hydroxylation is 1. The summed E-state index contributed by atoms with van der Waals surface area (Å²) in [7, 11) is 0. The Labute approximate surface area is 117 Å². The van der Waals surface area contributed by atoms with Gasteiger partial charge < -0.3 is 9.84 Å². The first-order valence-electron chi connectivity index (χ1n) is 6.32. The lowest BCUT2D eigenvalue weighted by Gasteiger charge is -2.08. The van der Waals surface area contributed by atoms with Gasteiger partial charge in [-0.1, -0.05) is 26.0 Å². The molecule has 0 aliphatic carbocycles. The largest absolute Gasteiger partial charge is 0.478 e. The van der Waals surface area contributed by atoms with E-state index in [1.807, 2.05) is 24.3 Å². The molecule has 0 atom stereocenters. The van der Waals surface area contributed by atoms with Crippen molar-refractivity contribution in [3.05, 3.63) is 47.3 Å². The van der Waals surface area contributed by atoms with Crippen LogP contribution >= 0.6 is 0 Å². The highest BCUT2D eigenvalue weighted by molar-refractivity contribution is 5.88. The van der Waals surface area contributed by atoms with Crippen LogP contribution in [0.25, 0.3) is 0 Å². The van der Waals surface area contributed by atoms with Crippen molar-refractivity contribution in [2.24, 2.45) is 0 Å². The van der Waals surface area contributed by atoms with Crippen LogP contribution in [0.3, 0.4) is 0 Å². The number of rotatable bonds is 4. The molecule has 5 nitrogen and oxygen atoms in total. The molecule has 0 saturated heterocycles. The van der Waals surface area contributed by atoms with Crippen LogP contribution in [0.2, 0.25) is 0 Å². The third-order valence-corrected chi connectivity index (χ3v) is 2.94. The third kappa shape index (κ3) is 3.12. The highest BCUT2D eigenvalue weighted by atomic mass is 16.5. The number of hydrogen-bond donors (Lipinski definition) is 1. The molecule has 0 bridgehead atoms. The molecule has 0 unspecified atom stereocenters. The summed E-state index contributed by atoms with van der Waals surface area (Å²) in [6.07, 6.45) is 1.25. The number of nitrogens with zero attached hydrogens (tertiary/aromatic N) is 2. The Morgan fingerprint density at radius 3 is 2.40 bits per heavy atom. The predicted octanol–water partition coefficient (Wildman–Crippen LogP) is 3.40. The van der Waals surface area contributed by atoms with E-state index in [9.17, 15) is 4.79 Å². The van der Waals surface area contributed by atoms with E-state index in [1.165, 1.54) is 11.8 Å². The highest BCUT2D eigenvalue weighted by Gasteiger charge is 2.11. The smallest absolute Gasteiger partial charge is 0.339 e. The monoisotopic (exact) mass is 272 g/mol. The van der Waals surface area contributed by atoms with Crippen molar-refractivity contribution in [1.29, 1.82) is 0 Å². The summed E-state index contributed by atoms with van der Waals surface area (Å²) in [5.74, 6) is 0.0320. The average molecular weight is 272 g/mol. The van der Waals surface area contributed by atoms with Crippen LogP contribution in [-0.2, 0) is 0 Å². The quantitative estimate of drug-likeness (QED) is 0.923. The molecular weight excluding hydrogens is 256 g/mol. The van der Waals surface area contributed by atoms with E-state index in [0.29, 0.717) is 17.4 Å². The third-order valence-electron chi connectivity index (χ3n) is 2.94. The fourth-order valence-corrected chi connectivity index (χ4v) is 1.73. The zero-order valence-corrected chi connectivity index (χ0v) is 11.6. The van der Waals surface area contributed by atoms with E-state index >= 15 is 0 Å². The first kappa shape index (κ1) is 14.0. The van der Waals surface area contributed by atoms with E-state index in [-0.39, 0.29) is 11.6 Å². The molecule has 0 aliphatic heterocycles. The lowest BCUT2D eigenvalue weighted by atomic mass is 10.0. The van der Waals surface area contributed by atoms with Gasteiger partial charge in [0.2, 0.25) is 0 Å². The normalized spacial score (nSPS) is 10.6. The predicted molar refractivity (Wildman–Crippen MR) is 74.3 cm³/mol. The fraction of sp³-hybridized carbons (Fsp3) is 0.267. The Kier molecular flexibility index (Phi) is 3.98. The number of aromatic carboxylic acids is 1. The number of carbonyl (C=O) groups is 1. The van der Waals surface area contributed by atoms with Gasteiger partial charge in [0.25, 0.3) is 0 Å². The van der Waals surface area contributed by atoms with E-state index in [1.54, 1.807) is 6.92 Å². The molecular formula is C15H16N2O3. The van der Waals surface area contributed by atoms with Crippen molar-refractivity contribution in [3.63, 3.8) is 0 Å². The molecule has 104 valence electrons. The number of carboxylic acids is 1. The summed E-state index contributed by atoms with van der Waals surface area (Å²) in [5.41, 5.74) is 1.67. The van der Waals surface area contributed by atoms with Gasteiger partial charge in [0.05, 0.1) is 11.3 Å². The Morgan fingerprint density at radius 1 is 1.25 bits per heavy atom. The molecule has 0 aliphatic rings. The molecule has 2 rings (SSSR count). The summed E-state index contributed by atoms with van der Waals surface area (Å²) in [6, 6.07) is 7.81. The molecule has 20 heavy (non-hydrogen) atoms. The maximum atomic E-state index is 10.9. The number of benzene rings is 1. The molecule has 0 spiro atoms. The maximum Gasteiger partial charge on any atom is 0.339 e. The summed E-state index contributed by atoms with van der Waals surface area (Å²) in [6.45, 7) is 5.85. The molecule has 0 amide bonds.